The number of amides is 1. The smallest absolute Gasteiger partial charge is 0.220 e. The third-order valence-corrected chi connectivity index (χ3v) is 4.65. The van der Waals surface area contributed by atoms with Gasteiger partial charge < -0.3 is 10.2 Å². The molecule has 1 aliphatic heterocycles. The average molecular weight is 322 g/mol. The molecular weight excluding hydrogens is 296 g/mol. The molecule has 0 aliphatic carbocycles. The van der Waals surface area contributed by atoms with Crippen LogP contribution in [0.15, 0.2) is 54.6 Å². The number of carbonyl (C=O) groups excluding carboxylic acids is 1. The molecule has 3 nitrogen and oxygen atoms in total. The van der Waals surface area contributed by atoms with E-state index in [0.717, 1.165) is 19.5 Å². The minimum absolute atomic E-state index is 0.118. The molecule has 2 aromatic rings. The monoisotopic (exact) mass is 322 g/mol. The highest BCUT2D eigenvalue weighted by Crippen LogP contribution is 2.24. The van der Waals surface area contributed by atoms with E-state index >= 15 is 0 Å². The van der Waals surface area contributed by atoms with Gasteiger partial charge in [0.15, 0.2) is 0 Å². The molecule has 1 heterocycles. The van der Waals surface area contributed by atoms with Crippen LogP contribution in [0, 0.1) is 0 Å². The van der Waals surface area contributed by atoms with Crippen LogP contribution in [0.25, 0.3) is 0 Å². The molecule has 0 saturated carbocycles. The highest BCUT2D eigenvalue weighted by Gasteiger charge is 2.14. The van der Waals surface area contributed by atoms with Gasteiger partial charge in [-0.2, -0.15) is 0 Å². The average Bonchev–Trinajstić information content (AvgIpc) is 2.66. The van der Waals surface area contributed by atoms with Crippen molar-refractivity contribution in [3.63, 3.8) is 0 Å². The molecule has 0 bridgehead atoms. The summed E-state index contributed by atoms with van der Waals surface area (Å²) in [5.41, 5.74) is 3.70. The Morgan fingerprint density at radius 3 is 2.42 bits per heavy atom. The highest BCUT2D eigenvalue weighted by atomic mass is 16.1. The van der Waals surface area contributed by atoms with Gasteiger partial charge in [0.05, 0.1) is 0 Å². The first-order valence-electron chi connectivity index (χ1n) is 8.96. The number of piperidine rings is 1. The molecule has 1 amide bonds. The SMILES string of the molecule is O=C(CCc1ccccc1)NCc1ccccc1N1CCCCC1. The van der Waals surface area contributed by atoms with Crippen LogP contribution in [0.3, 0.4) is 0 Å². The van der Waals surface area contributed by atoms with Gasteiger partial charge in [0.2, 0.25) is 5.91 Å². The maximum atomic E-state index is 12.2. The molecule has 3 rings (SSSR count). The number of para-hydroxylation sites is 1. The summed E-state index contributed by atoms with van der Waals surface area (Å²) in [5, 5.41) is 3.08. The van der Waals surface area contributed by atoms with Crippen LogP contribution < -0.4 is 10.2 Å². The Kier molecular flexibility index (Phi) is 5.89. The summed E-state index contributed by atoms with van der Waals surface area (Å²) in [6, 6.07) is 18.6. The summed E-state index contributed by atoms with van der Waals surface area (Å²) >= 11 is 0. The topological polar surface area (TPSA) is 32.3 Å². The van der Waals surface area contributed by atoms with Crippen LogP contribution in [-0.4, -0.2) is 19.0 Å². The van der Waals surface area contributed by atoms with E-state index in [1.807, 2.05) is 18.2 Å². The van der Waals surface area contributed by atoms with Crippen molar-refractivity contribution >= 4 is 11.6 Å². The molecule has 3 heteroatoms. The molecule has 2 aromatic carbocycles. The van der Waals surface area contributed by atoms with E-state index in [0.29, 0.717) is 13.0 Å². The lowest BCUT2D eigenvalue weighted by Gasteiger charge is -2.30. The van der Waals surface area contributed by atoms with E-state index in [9.17, 15) is 4.79 Å². The Hall–Kier alpha value is -2.29. The predicted molar refractivity (Wildman–Crippen MR) is 99.1 cm³/mol. The predicted octanol–water partition coefficient (Wildman–Crippen LogP) is 3.93. The molecular formula is C21H26N2O. The maximum absolute atomic E-state index is 12.2. The normalized spacial score (nSPS) is 14.4. The first kappa shape index (κ1) is 16.6. The van der Waals surface area contributed by atoms with Crippen molar-refractivity contribution in [2.75, 3.05) is 18.0 Å². The van der Waals surface area contributed by atoms with Crippen molar-refractivity contribution in [3.05, 3.63) is 65.7 Å². The first-order chi connectivity index (χ1) is 11.8. The number of anilines is 1. The number of nitrogens with one attached hydrogen (secondary N) is 1. The van der Waals surface area contributed by atoms with E-state index in [-0.39, 0.29) is 5.91 Å². The van der Waals surface area contributed by atoms with Crippen molar-refractivity contribution in [3.8, 4) is 0 Å². The molecule has 1 aliphatic rings. The molecule has 0 spiro atoms. The summed E-state index contributed by atoms with van der Waals surface area (Å²) in [6.07, 6.45) is 5.18. The number of hydrogen-bond donors (Lipinski definition) is 1. The summed E-state index contributed by atoms with van der Waals surface area (Å²) in [6.45, 7) is 2.86. The van der Waals surface area contributed by atoms with Gasteiger partial charge in [-0.25, -0.2) is 0 Å². The van der Waals surface area contributed by atoms with Crippen LogP contribution in [-0.2, 0) is 17.8 Å². The summed E-state index contributed by atoms with van der Waals surface area (Å²) in [5.74, 6) is 0.118. The van der Waals surface area contributed by atoms with Gasteiger partial charge in [0.1, 0.15) is 0 Å². The fourth-order valence-corrected chi connectivity index (χ4v) is 3.29. The largest absolute Gasteiger partial charge is 0.371 e. The molecule has 1 fully saturated rings. The number of hydrogen-bond acceptors (Lipinski definition) is 2. The van der Waals surface area contributed by atoms with Crippen molar-refractivity contribution in [2.45, 2.75) is 38.6 Å². The Bertz CT molecular complexity index is 648. The Balaban J connectivity index is 1.53. The van der Waals surface area contributed by atoms with E-state index in [4.69, 9.17) is 0 Å². The number of nitrogens with zero attached hydrogens (tertiary/aromatic N) is 1. The van der Waals surface area contributed by atoms with Crippen molar-refractivity contribution in [1.82, 2.24) is 5.32 Å². The Morgan fingerprint density at radius 1 is 0.917 bits per heavy atom. The second kappa shape index (κ2) is 8.53. The minimum atomic E-state index is 0.118. The van der Waals surface area contributed by atoms with Gasteiger partial charge in [-0.3, -0.25) is 4.79 Å². The molecule has 0 radical (unpaired) electrons. The molecule has 0 atom stereocenters. The van der Waals surface area contributed by atoms with Gasteiger partial charge in [-0.1, -0.05) is 48.5 Å². The number of carbonyl (C=O) groups is 1. The zero-order valence-electron chi connectivity index (χ0n) is 14.2. The summed E-state index contributed by atoms with van der Waals surface area (Å²) in [7, 11) is 0. The highest BCUT2D eigenvalue weighted by molar-refractivity contribution is 5.76. The van der Waals surface area contributed by atoms with E-state index in [1.54, 1.807) is 0 Å². The zero-order valence-corrected chi connectivity index (χ0v) is 14.2. The third-order valence-electron chi connectivity index (χ3n) is 4.65. The van der Waals surface area contributed by atoms with E-state index in [2.05, 4.69) is 46.6 Å². The third kappa shape index (κ3) is 4.60. The standard InChI is InChI=1S/C21H26N2O/c24-21(14-13-18-9-3-1-4-10-18)22-17-19-11-5-6-12-20(19)23-15-7-2-8-16-23/h1,3-6,9-12H,2,7-8,13-17H2,(H,22,24). The lowest BCUT2D eigenvalue weighted by Crippen LogP contribution is -2.31. The minimum Gasteiger partial charge on any atom is -0.371 e. The fraction of sp³-hybridized carbons (Fsp3) is 0.381. The molecule has 24 heavy (non-hydrogen) atoms. The molecule has 0 aromatic heterocycles. The van der Waals surface area contributed by atoms with Gasteiger partial charge in [-0.05, 0) is 42.9 Å². The van der Waals surface area contributed by atoms with Gasteiger partial charge >= 0.3 is 0 Å². The van der Waals surface area contributed by atoms with Gasteiger partial charge in [0.25, 0.3) is 0 Å². The van der Waals surface area contributed by atoms with Gasteiger partial charge in [-0.15, -0.1) is 0 Å². The quantitative estimate of drug-likeness (QED) is 0.874. The molecule has 1 N–H and O–H groups in total. The van der Waals surface area contributed by atoms with Crippen molar-refractivity contribution < 1.29 is 4.79 Å². The summed E-state index contributed by atoms with van der Waals surface area (Å²) < 4.78 is 0. The molecule has 1 saturated heterocycles. The van der Waals surface area contributed by atoms with Crippen molar-refractivity contribution in [2.24, 2.45) is 0 Å². The van der Waals surface area contributed by atoms with Crippen LogP contribution in [0.4, 0.5) is 5.69 Å². The first-order valence-corrected chi connectivity index (χ1v) is 8.96. The Morgan fingerprint density at radius 2 is 1.62 bits per heavy atom. The molecule has 126 valence electrons. The van der Waals surface area contributed by atoms with Crippen molar-refractivity contribution in [1.29, 1.82) is 0 Å². The maximum Gasteiger partial charge on any atom is 0.220 e. The van der Waals surface area contributed by atoms with Crippen LogP contribution in [0.5, 0.6) is 0 Å². The number of rotatable bonds is 6. The molecule has 0 unspecified atom stereocenters. The van der Waals surface area contributed by atoms with Gasteiger partial charge in [0, 0.05) is 31.7 Å². The lowest BCUT2D eigenvalue weighted by molar-refractivity contribution is -0.121. The summed E-state index contributed by atoms with van der Waals surface area (Å²) in [4.78, 5) is 14.6. The zero-order chi connectivity index (χ0) is 16.6. The second-order valence-corrected chi connectivity index (χ2v) is 6.44. The van der Waals surface area contributed by atoms with E-state index < -0.39 is 0 Å². The van der Waals surface area contributed by atoms with Crippen LogP contribution >= 0.6 is 0 Å². The van der Waals surface area contributed by atoms with Crippen LogP contribution in [0.2, 0.25) is 0 Å². The van der Waals surface area contributed by atoms with Crippen LogP contribution in [0.1, 0.15) is 36.8 Å². The lowest BCUT2D eigenvalue weighted by atomic mass is 10.1. The number of aryl methyl sites for hydroxylation is 1. The van der Waals surface area contributed by atoms with E-state index in [1.165, 1.54) is 36.1 Å². The fourth-order valence-electron chi connectivity index (χ4n) is 3.29. The second-order valence-electron chi connectivity index (χ2n) is 6.44. The Labute approximate surface area is 144 Å². The number of benzene rings is 2.